The van der Waals surface area contributed by atoms with Crippen molar-refractivity contribution >= 4 is 47.1 Å². The molecule has 3 heteroatoms. The van der Waals surface area contributed by atoms with E-state index in [1.165, 1.54) is 38.4 Å². The van der Waals surface area contributed by atoms with Crippen LogP contribution in [0.25, 0.3) is 0 Å². The van der Waals surface area contributed by atoms with Gasteiger partial charge in [-0.15, -0.1) is 0 Å². The SMILES string of the molecule is CCCCC/C(Br)=C(/SC)[Se]c1ccccc1. The van der Waals surface area contributed by atoms with Gasteiger partial charge in [0, 0.05) is 0 Å². The number of unbranched alkanes of at least 4 members (excludes halogenated alkanes) is 2. The Morgan fingerprint density at radius 3 is 2.53 bits per heavy atom. The number of hydrogen-bond donors (Lipinski definition) is 0. The normalized spacial score (nSPS) is 12.4. The van der Waals surface area contributed by atoms with E-state index in [1.54, 1.807) is 0 Å². The summed E-state index contributed by atoms with van der Waals surface area (Å²) >= 11 is 6.11. The molecule has 0 unspecified atom stereocenters. The fourth-order valence-electron chi connectivity index (χ4n) is 1.44. The first kappa shape index (κ1) is 15.4. The van der Waals surface area contributed by atoms with Gasteiger partial charge in [0.25, 0.3) is 0 Å². The van der Waals surface area contributed by atoms with E-state index in [1.807, 2.05) is 11.8 Å². The zero-order valence-electron chi connectivity index (χ0n) is 10.4. The van der Waals surface area contributed by atoms with Crippen molar-refractivity contribution in [3.8, 4) is 0 Å². The van der Waals surface area contributed by atoms with Crippen LogP contribution >= 0.6 is 27.7 Å². The van der Waals surface area contributed by atoms with Crippen molar-refractivity contribution in [3.05, 3.63) is 38.6 Å². The molecule has 0 amide bonds. The first-order valence-electron chi connectivity index (χ1n) is 5.93. The number of thioether (sulfide) groups is 1. The van der Waals surface area contributed by atoms with Crippen molar-refractivity contribution in [1.29, 1.82) is 0 Å². The second kappa shape index (κ2) is 9.27. The standard InChI is InChI=1S/C14H19BrSSe/c1-3-4-6-11-13(15)14(16-2)17-12-9-7-5-8-10-12/h5,7-10H,3-4,6,11H2,1-2H3/b14-13+. The second-order valence-corrected chi connectivity index (χ2v) is 8.40. The molecule has 0 spiro atoms. The van der Waals surface area contributed by atoms with Gasteiger partial charge in [-0.25, -0.2) is 0 Å². The molecule has 0 aliphatic carbocycles. The van der Waals surface area contributed by atoms with Gasteiger partial charge in [-0.3, -0.25) is 0 Å². The van der Waals surface area contributed by atoms with Gasteiger partial charge in [-0.2, -0.15) is 0 Å². The van der Waals surface area contributed by atoms with Gasteiger partial charge in [0.05, 0.1) is 0 Å². The molecular weight excluding hydrogens is 359 g/mol. The summed E-state index contributed by atoms with van der Waals surface area (Å²) in [6, 6.07) is 10.8. The minimum atomic E-state index is 0.450. The molecule has 1 rings (SSSR count). The Morgan fingerprint density at radius 1 is 1.24 bits per heavy atom. The van der Waals surface area contributed by atoms with Gasteiger partial charge in [0.1, 0.15) is 0 Å². The summed E-state index contributed by atoms with van der Waals surface area (Å²) in [5.41, 5.74) is 0. The van der Waals surface area contributed by atoms with Crippen molar-refractivity contribution in [2.24, 2.45) is 0 Å². The van der Waals surface area contributed by atoms with E-state index in [0.717, 1.165) is 0 Å². The fraction of sp³-hybridized carbons (Fsp3) is 0.429. The Kier molecular flexibility index (Phi) is 8.38. The summed E-state index contributed by atoms with van der Waals surface area (Å²) < 4.78 is 4.40. The Hall–Kier alpha value is 0.309. The van der Waals surface area contributed by atoms with Crippen LogP contribution < -0.4 is 4.46 Å². The third kappa shape index (κ3) is 6.15. The molecule has 0 radical (unpaired) electrons. The fourth-order valence-corrected chi connectivity index (χ4v) is 5.56. The van der Waals surface area contributed by atoms with Crippen LogP contribution in [0.15, 0.2) is 38.6 Å². The molecule has 0 bridgehead atoms. The van der Waals surface area contributed by atoms with E-state index < -0.39 is 0 Å². The van der Waals surface area contributed by atoms with Crippen LogP contribution in [-0.4, -0.2) is 21.2 Å². The number of benzene rings is 1. The average molecular weight is 378 g/mol. The molecule has 0 fully saturated rings. The molecule has 0 atom stereocenters. The molecule has 0 heterocycles. The Bertz CT molecular complexity index is 348. The molecular formula is C14H19BrSSe. The maximum atomic E-state index is 3.77. The average Bonchev–Trinajstić information content (AvgIpc) is 2.37. The van der Waals surface area contributed by atoms with Gasteiger partial charge in [0.15, 0.2) is 0 Å². The predicted octanol–water partition coefficient (Wildman–Crippen LogP) is 4.52. The molecule has 0 aliphatic rings. The van der Waals surface area contributed by atoms with Gasteiger partial charge in [-0.1, -0.05) is 0 Å². The van der Waals surface area contributed by atoms with E-state index in [2.05, 4.69) is 59.4 Å². The van der Waals surface area contributed by atoms with E-state index >= 15 is 0 Å². The first-order chi connectivity index (χ1) is 8.27. The van der Waals surface area contributed by atoms with Crippen LogP contribution in [0.4, 0.5) is 0 Å². The van der Waals surface area contributed by atoms with E-state index in [9.17, 15) is 0 Å². The summed E-state index contributed by atoms with van der Waals surface area (Å²) in [5, 5.41) is 0. The van der Waals surface area contributed by atoms with Crippen LogP contribution in [0, 0.1) is 0 Å². The van der Waals surface area contributed by atoms with E-state index in [-0.39, 0.29) is 0 Å². The Morgan fingerprint density at radius 2 is 1.94 bits per heavy atom. The van der Waals surface area contributed by atoms with Crippen LogP contribution in [0.3, 0.4) is 0 Å². The van der Waals surface area contributed by atoms with Crippen molar-refractivity contribution in [2.45, 2.75) is 32.6 Å². The van der Waals surface area contributed by atoms with Crippen molar-refractivity contribution in [2.75, 3.05) is 6.26 Å². The van der Waals surface area contributed by atoms with Gasteiger partial charge in [0.2, 0.25) is 0 Å². The minimum absolute atomic E-state index is 0.450. The molecule has 94 valence electrons. The van der Waals surface area contributed by atoms with Crippen LogP contribution in [0.5, 0.6) is 0 Å². The van der Waals surface area contributed by atoms with Crippen LogP contribution in [0.1, 0.15) is 32.6 Å². The summed E-state index contributed by atoms with van der Waals surface area (Å²) in [7, 11) is 0. The van der Waals surface area contributed by atoms with Crippen LogP contribution in [-0.2, 0) is 0 Å². The van der Waals surface area contributed by atoms with Gasteiger partial charge in [-0.05, 0) is 0 Å². The number of hydrogen-bond acceptors (Lipinski definition) is 1. The Labute approximate surface area is 124 Å². The maximum absolute atomic E-state index is 3.77. The third-order valence-electron chi connectivity index (χ3n) is 2.36. The van der Waals surface area contributed by atoms with Crippen molar-refractivity contribution < 1.29 is 0 Å². The first-order valence-corrected chi connectivity index (χ1v) is 9.66. The predicted molar refractivity (Wildman–Crippen MR) is 85.4 cm³/mol. The number of halogens is 1. The molecule has 0 aromatic heterocycles. The molecule has 0 saturated heterocycles. The van der Waals surface area contributed by atoms with Crippen molar-refractivity contribution in [3.63, 3.8) is 0 Å². The summed E-state index contributed by atoms with van der Waals surface area (Å²) in [5.74, 6) is 0. The summed E-state index contributed by atoms with van der Waals surface area (Å²) in [4.78, 5) is 0. The molecule has 17 heavy (non-hydrogen) atoms. The zero-order valence-corrected chi connectivity index (χ0v) is 14.5. The number of rotatable bonds is 7. The molecule has 0 nitrogen and oxygen atoms in total. The summed E-state index contributed by atoms with van der Waals surface area (Å²) in [6.45, 7) is 2.25. The molecule has 0 N–H and O–H groups in total. The quantitative estimate of drug-likeness (QED) is 0.497. The molecule has 0 saturated carbocycles. The van der Waals surface area contributed by atoms with Gasteiger partial charge >= 0.3 is 125 Å². The zero-order chi connectivity index (χ0) is 12.5. The monoisotopic (exact) mass is 378 g/mol. The molecule has 1 aromatic rings. The van der Waals surface area contributed by atoms with Crippen LogP contribution in [0.2, 0.25) is 0 Å². The summed E-state index contributed by atoms with van der Waals surface area (Å²) in [6.07, 6.45) is 7.29. The topological polar surface area (TPSA) is 0 Å². The third-order valence-corrected chi connectivity index (χ3v) is 8.08. The van der Waals surface area contributed by atoms with Gasteiger partial charge < -0.3 is 0 Å². The molecule has 0 aliphatic heterocycles. The number of allylic oxidation sites excluding steroid dienone is 1. The molecule has 1 aromatic carbocycles. The van der Waals surface area contributed by atoms with E-state index in [4.69, 9.17) is 0 Å². The van der Waals surface area contributed by atoms with Crippen molar-refractivity contribution in [1.82, 2.24) is 0 Å². The van der Waals surface area contributed by atoms with E-state index in [0.29, 0.717) is 15.0 Å². The Balaban J connectivity index is 2.60. The second-order valence-electron chi connectivity index (χ2n) is 3.77.